The standard InChI is InChI=1S/C31H37N5O5/c1-20-11-12-21-17-22(27(39-3)18-24(21)34-20)25-19-33-28(35-25)23(36-30(38)31(2)13-7-8-15-41-31)9-5-4-6-10-26(37)29-32-14-16-40-29/h11-12,14,16-19,23H,4-10,13,15H2,1-3H3,(H,33,35)(H,36,38). The monoisotopic (exact) mass is 559 g/mol. The van der Waals surface area contributed by atoms with Gasteiger partial charge in [-0.05, 0) is 58.1 Å². The fourth-order valence-corrected chi connectivity index (χ4v) is 5.26. The molecule has 0 spiro atoms. The Bertz CT molecular complexity index is 1490. The van der Waals surface area contributed by atoms with E-state index in [0.29, 0.717) is 43.9 Å². The van der Waals surface area contributed by atoms with Crippen molar-refractivity contribution in [2.75, 3.05) is 13.7 Å². The van der Waals surface area contributed by atoms with Crippen LogP contribution in [0, 0.1) is 6.92 Å². The van der Waals surface area contributed by atoms with Gasteiger partial charge in [0.05, 0.1) is 36.8 Å². The molecule has 1 aliphatic rings. The molecular weight excluding hydrogens is 522 g/mol. The highest BCUT2D eigenvalue weighted by Crippen LogP contribution is 2.34. The van der Waals surface area contributed by atoms with Crippen LogP contribution in [-0.2, 0) is 9.53 Å². The van der Waals surface area contributed by atoms with Crippen LogP contribution in [0.15, 0.2) is 47.3 Å². The number of Topliss-reactive ketones (excluding diaryl/α,β-unsaturated/α-hetero) is 1. The quantitative estimate of drug-likeness (QED) is 0.162. The van der Waals surface area contributed by atoms with E-state index in [0.717, 1.165) is 53.5 Å². The number of aryl methyl sites for hydroxylation is 1. The highest BCUT2D eigenvalue weighted by Gasteiger charge is 2.37. The lowest BCUT2D eigenvalue weighted by molar-refractivity contribution is -0.151. The van der Waals surface area contributed by atoms with Gasteiger partial charge in [0.15, 0.2) is 0 Å². The molecule has 0 bridgehead atoms. The molecule has 1 aromatic carbocycles. The lowest BCUT2D eigenvalue weighted by Gasteiger charge is -2.33. The zero-order valence-electron chi connectivity index (χ0n) is 23.9. The number of H-pyrrole nitrogens is 1. The minimum Gasteiger partial charge on any atom is -0.496 e. The van der Waals surface area contributed by atoms with Crippen LogP contribution in [0.25, 0.3) is 22.2 Å². The summed E-state index contributed by atoms with van der Waals surface area (Å²) in [6, 6.07) is 7.64. The molecular formula is C31H37N5O5. The summed E-state index contributed by atoms with van der Waals surface area (Å²) in [5.41, 5.74) is 2.59. The predicted octanol–water partition coefficient (Wildman–Crippen LogP) is 5.88. The lowest BCUT2D eigenvalue weighted by atomic mass is 9.94. The first-order chi connectivity index (χ1) is 19.9. The van der Waals surface area contributed by atoms with Gasteiger partial charge in [0, 0.05) is 35.7 Å². The Morgan fingerprint density at radius 2 is 2.05 bits per heavy atom. The van der Waals surface area contributed by atoms with Crippen LogP contribution in [-0.4, -0.2) is 50.9 Å². The lowest BCUT2D eigenvalue weighted by Crippen LogP contribution is -2.49. The number of rotatable bonds is 12. The van der Waals surface area contributed by atoms with Gasteiger partial charge in [0.2, 0.25) is 5.78 Å². The smallest absolute Gasteiger partial charge is 0.263 e. The Kier molecular flexibility index (Phi) is 8.78. The van der Waals surface area contributed by atoms with Crippen LogP contribution >= 0.6 is 0 Å². The van der Waals surface area contributed by atoms with Crippen LogP contribution in [0.5, 0.6) is 5.75 Å². The summed E-state index contributed by atoms with van der Waals surface area (Å²) in [5.74, 6) is 1.25. The third kappa shape index (κ3) is 6.65. The molecule has 1 fully saturated rings. The summed E-state index contributed by atoms with van der Waals surface area (Å²) in [7, 11) is 1.64. The van der Waals surface area contributed by atoms with Crippen molar-refractivity contribution in [3.63, 3.8) is 0 Å². The molecule has 1 aliphatic heterocycles. The fraction of sp³-hybridized carbons (Fsp3) is 0.452. The number of pyridine rings is 1. The second-order valence-electron chi connectivity index (χ2n) is 10.8. The van der Waals surface area contributed by atoms with E-state index in [2.05, 4.69) is 25.3 Å². The zero-order chi connectivity index (χ0) is 28.8. The Labute approximate surface area is 239 Å². The molecule has 0 saturated carbocycles. The minimum atomic E-state index is -0.860. The van der Waals surface area contributed by atoms with Gasteiger partial charge < -0.3 is 24.2 Å². The maximum Gasteiger partial charge on any atom is 0.263 e. The molecule has 1 amide bonds. The minimum absolute atomic E-state index is 0.104. The number of imidazole rings is 1. The first kappa shape index (κ1) is 28.5. The number of carbonyl (C=O) groups is 2. The van der Waals surface area contributed by atoms with Crippen molar-refractivity contribution in [3.8, 4) is 17.0 Å². The first-order valence-electron chi connectivity index (χ1n) is 14.2. The molecule has 5 rings (SSSR count). The van der Waals surface area contributed by atoms with Crippen LogP contribution in [0.4, 0.5) is 0 Å². The average molecular weight is 560 g/mol. The van der Waals surface area contributed by atoms with Crippen LogP contribution < -0.4 is 10.1 Å². The third-order valence-corrected chi connectivity index (χ3v) is 7.69. The van der Waals surface area contributed by atoms with Crippen molar-refractivity contribution in [1.82, 2.24) is 25.3 Å². The Morgan fingerprint density at radius 3 is 2.80 bits per heavy atom. The highest BCUT2D eigenvalue weighted by atomic mass is 16.5. The summed E-state index contributed by atoms with van der Waals surface area (Å²) >= 11 is 0. The van der Waals surface area contributed by atoms with E-state index in [-0.39, 0.29) is 23.6 Å². The molecule has 1 saturated heterocycles. The number of unbranched alkanes of at least 4 members (excludes halogenated alkanes) is 2. The van der Waals surface area contributed by atoms with Crippen molar-refractivity contribution >= 4 is 22.6 Å². The number of carbonyl (C=O) groups excluding carboxylic acids is 2. The third-order valence-electron chi connectivity index (χ3n) is 7.69. The first-order valence-corrected chi connectivity index (χ1v) is 14.2. The van der Waals surface area contributed by atoms with Gasteiger partial charge in [0.1, 0.15) is 23.4 Å². The molecule has 3 aromatic heterocycles. The predicted molar refractivity (Wildman–Crippen MR) is 154 cm³/mol. The normalized spacial score (nSPS) is 17.8. The van der Waals surface area contributed by atoms with E-state index < -0.39 is 5.60 Å². The number of benzene rings is 1. The summed E-state index contributed by atoms with van der Waals surface area (Å²) in [5, 5.41) is 4.20. The number of aromatic amines is 1. The summed E-state index contributed by atoms with van der Waals surface area (Å²) in [6.45, 7) is 4.40. The van der Waals surface area contributed by atoms with Gasteiger partial charge in [-0.1, -0.05) is 18.9 Å². The number of methoxy groups -OCH3 is 1. The molecule has 0 aliphatic carbocycles. The number of ether oxygens (including phenoxy) is 2. The summed E-state index contributed by atoms with van der Waals surface area (Å²) < 4.78 is 16.7. The number of fused-ring (bicyclic) bond motifs is 1. The van der Waals surface area contributed by atoms with Gasteiger partial charge in [0.25, 0.3) is 11.8 Å². The molecule has 2 N–H and O–H groups in total. The Morgan fingerprint density at radius 1 is 1.17 bits per heavy atom. The van der Waals surface area contributed by atoms with Gasteiger partial charge in [-0.2, -0.15) is 0 Å². The van der Waals surface area contributed by atoms with Crippen molar-refractivity contribution in [2.45, 2.75) is 76.9 Å². The number of ketones is 1. The van der Waals surface area contributed by atoms with Crippen LogP contribution in [0.1, 0.15) is 86.5 Å². The number of hydrogen-bond acceptors (Lipinski definition) is 8. The topological polar surface area (TPSA) is 132 Å². The SMILES string of the molecule is COc1cc2nc(C)ccc2cc1-c1cnc(C(CCCCCC(=O)c2ncco2)NC(=O)C2(C)CCCCO2)[nH]1. The molecule has 216 valence electrons. The number of nitrogens with zero attached hydrogens (tertiary/aromatic N) is 3. The van der Waals surface area contributed by atoms with Gasteiger partial charge in [-0.15, -0.1) is 0 Å². The van der Waals surface area contributed by atoms with Gasteiger partial charge in [-0.25, -0.2) is 9.97 Å². The molecule has 4 aromatic rings. The van der Waals surface area contributed by atoms with Crippen LogP contribution in [0.2, 0.25) is 0 Å². The van der Waals surface area contributed by atoms with E-state index in [9.17, 15) is 9.59 Å². The second kappa shape index (κ2) is 12.6. The number of amides is 1. The van der Waals surface area contributed by atoms with Crippen molar-refractivity contribution in [2.24, 2.45) is 0 Å². The molecule has 4 heterocycles. The van der Waals surface area contributed by atoms with Crippen LogP contribution in [0.3, 0.4) is 0 Å². The molecule has 0 radical (unpaired) electrons. The Hall–Kier alpha value is -4.05. The molecule has 10 nitrogen and oxygen atoms in total. The van der Waals surface area contributed by atoms with Crippen molar-refractivity contribution in [1.29, 1.82) is 0 Å². The van der Waals surface area contributed by atoms with E-state index in [4.69, 9.17) is 13.9 Å². The summed E-state index contributed by atoms with van der Waals surface area (Å²) in [4.78, 5) is 42.3. The summed E-state index contributed by atoms with van der Waals surface area (Å²) in [6.07, 6.45) is 10.6. The van der Waals surface area contributed by atoms with Gasteiger partial charge in [-0.3, -0.25) is 14.6 Å². The van der Waals surface area contributed by atoms with E-state index in [1.165, 1.54) is 12.5 Å². The second-order valence-corrected chi connectivity index (χ2v) is 10.8. The molecule has 41 heavy (non-hydrogen) atoms. The zero-order valence-corrected chi connectivity index (χ0v) is 23.9. The number of hydrogen-bond donors (Lipinski definition) is 2. The molecule has 2 unspecified atom stereocenters. The average Bonchev–Trinajstić information content (AvgIpc) is 3.69. The van der Waals surface area contributed by atoms with E-state index in [1.54, 1.807) is 13.3 Å². The molecule has 10 heteroatoms. The number of aromatic nitrogens is 4. The maximum atomic E-state index is 13.4. The Balaban J connectivity index is 1.32. The van der Waals surface area contributed by atoms with E-state index >= 15 is 0 Å². The van der Waals surface area contributed by atoms with E-state index in [1.807, 2.05) is 38.1 Å². The van der Waals surface area contributed by atoms with Crippen molar-refractivity contribution < 1.29 is 23.5 Å². The highest BCUT2D eigenvalue weighted by molar-refractivity contribution is 5.91. The largest absolute Gasteiger partial charge is 0.496 e. The molecule has 2 atom stereocenters. The number of oxazole rings is 1. The van der Waals surface area contributed by atoms with Gasteiger partial charge >= 0.3 is 0 Å². The van der Waals surface area contributed by atoms with Crippen molar-refractivity contribution in [3.05, 3.63) is 60.3 Å². The maximum absolute atomic E-state index is 13.4. The fourth-order valence-electron chi connectivity index (χ4n) is 5.26. The number of nitrogens with one attached hydrogen (secondary N) is 2.